The average Bonchev–Trinajstić information content (AvgIpc) is 3.68. The Kier molecular flexibility index (Phi) is 8.57. The van der Waals surface area contributed by atoms with Crippen molar-refractivity contribution in [3.05, 3.63) is 71.3 Å². The van der Waals surface area contributed by atoms with Gasteiger partial charge in [0, 0.05) is 44.9 Å². The van der Waals surface area contributed by atoms with Crippen LogP contribution in [0.25, 0.3) is 0 Å². The Morgan fingerprint density at radius 1 is 0.950 bits per heavy atom. The van der Waals surface area contributed by atoms with Crippen LogP contribution in [0.1, 0.15) is 65.9 Å². The second-order valence-electron chi connectivity index (χ2n) is 12.4. The van der Waals surface area contributed by atoms with Gasteiger partial charge >= 0.3 is 5.97 Å². The van der Waals surface area contributed by atoms with Gasteiger partial charge in [-0.3, -0.25) is 9.59 Å². The summed E-state index contributed by atoms with van der Waals surface area (Å²) in [5.74, 6) is 0.548. The smallest absolute Gasteiger partial charge is 0.338 e. The molecule has 0 aromatic heterocycles. The van der Waals surface area contributed by atoms with Crippen molar-refractivity contribution in [1.29, 1.82) is 0 Å². The normalized spacial score (nSPS) is 23.6. The quantitative estimate of drug-likeness (QED) is 0.504. The molecule has 8 heteroatoms. The van der Waals surface area contributed by atoms with Crippen molar-refractivity contribution in [2.75, 3.05) is 45.9 Å². The van der Waals surface area contributed by atoms with E-state index in [0.29, 0.717) is 36.2 Å². The first-order chi connectivity index (χ1) is 19.2. The molecule has 0 bridgehead atoms. The lowest BCUT2D eigenvalue weighted by molar-refractivity contribution is -0.125. The van der Waals surface area contributed by atoms with E-state index in [1.807, 2.05) is 43.9 Å². The number of fused-ring (bicyclic) bond motifs is 1. The molecule has 3 aliphatic heterocycles. The summed E-state index contributed by atoms with van der Waals surface area (Å²) >= 11 is 0. The number of rotatable bonds is 8. The Balaban J connectivity index is 1.12. The van der Waals surface area contributed by atoms with E-state index in [4.69, 9.17) is 9.47 Å². The minimum atomic E-state index is -0.561. The molecule has 2 amide bonds. The first-order valence-corrected chi connectivity index (χ1v) is 14.4. The summed E-state index contributed by atoms with van der Waals surface area (Å²) in [6, 6.07) is 16.9. The van der Waals surface area contributed by atoms with Crippen LogP contribution in [0.4, 0.5) is 0 Å². The van der Waals surface area contributed by atoms with Crippen LogP contribution >= 0.6 is 0 Å². The van der Waals surface area contributed by atoms with Gasteiger partial charge in [0.2, 0.25) is 5.91 Å². The van der Waals surface area contributed by atoms with E-state index >= 15 is 0 Å². The second-order valence-corrected chi connectivity index (χ2v) is 12.4. The maximum Gasteiger partial charge on any atom is 0.338 e. The van der Waals surface area contributed by atoms with E-state index in [2.05, 4.69) is 22.3 Å². The maximum absolute atomic E-state index is 13.2. The highest BCUT2D eigenvalue weighted by atomic mass is 16.6. The molecule has 4 unspecified atom stereocenters. The molecule has 5 rings (SSSR count). The number of amides is 2. The number of hydrogen-bond donors (Lipinski definition) is 1. The SMILES string of the molecule is CC(C)(C)OC(=O)c1ccc(C(=O)N2CC3CN(CCC(NC(=O)C4CCOC4)c4ccccc4)CC3C2)cc1. The fourth-order valence-electron chi connectivity index (χ4n) is 6.06. The molecule has 4 atom stereocenters. The number of nitrogens with zero attached hydrogens (tertiary/aromatic N) is 2. The van der Waals surface area contributed by atoms with Crippen molar-refractivity contribution in [3.63, 3.8) is 0 Å². The largest absolute Gasteiger partial charge is 0.456 e. The third-order valence-corrected chi connectivity index (χ3v) is 8.17. The highest BCUT2D eigenvalue weighted by Crippen LogP contribution is 2.33. The van der Waals surface area contributed by atoms with Crippen LogP contribution < -0.4 is 5.32 Å². The molecule has 1 N–H and O–H groups in total. The zero-order valence-corrected chi connectivity index (χ0v) is 23.8. The number of benzene rings is 2. The van der Waals surface area contributed by atoms with Crippen LogP contribution in [0.2, 0.25) is 0 Å². The minimum Gasteiger partial charge on any atom is -0.456 e. The Hall–Kier alpha value is -3.23. The number of nitrogens with one attached hydrogen (secondary N) is 1. The van der Waals surface area contributed by atoms with Gasteiger partial charge in [0.05, 0.1) is 24.1 Å². The molecule has 2 aromatic carbocycles. The lowest BCUT2D eigenvalue weighted by Crippen LogP contribution is -2.37. The van der Waals surface area contributed by atoms with E-state index < -0.39 is 5.60 Å². The molecule has 0 radical (unpaired) electrons. The van der Waals surface area contributed by atoms with E-state index in [1.165, 1.54) is 0 Å². The summed E-state index contributed by atoms with van der Waals surface area (Å²) in [6.45, 7) is 11.0. The summed E-state index contributed by atoms with van der Waals surface area (Å²) in [7, 11) is 0. The van der Waals surface area contributed by atoms with Gasteiger partial charge in [-0.2, -0.15) is 0 Å². The number of carbonyl (C=O) groups is 3. The Morgan fingerprint density at radius 2 is 1.60 bits per heavy atom. The van der Waals surface area contributed by atoms with Gasteiger partial charge in [0.25, 0.3) is 5.91 Å². The highest BCUT2D eigenvalue weighted by molar-refractivity contribution is 5.96. The van der Waals surface area contributed by atoms with Crippen molar-refractivity contribution in [2.45, 2.75) is 45.3 Å². The molecule has 8 nitrogen and oxygen atoms in total. The molecule has 3 aliphatic rings. The van der Waals surface area contributed by atoms with Gasteiger partial charge in [-0.15, -0.1) is 0 Å². The summed E-state index contributed by atoms with van der Waals surface area (Å²) in [5.41, 5.74) is 1.61. The third kappa shape index (κ3) is 6.91. The number of ether oxygens (including phenoxy) is 2. The van der Waals surface area contributed by atoms with E-state index in [0.717, 1.165) is 51.1 Å². The first-order valence-electron chi connectivity index (χ1n) is 14.4. The second kappa shape index (κ2) is 12.1. The van der Waals surface area contributed by atoms with E-state index in [1.54, 1.807) is 24.3 Å². The Morgan fingerprint density at radius 3 is 2.20 bits per heavy atom. The Labute approximate surface area is 237 Å². The molecule has 214 valence electrons. The summed E-state index contributed by atoms with van der Waals surface area (Å²) < 4.78 is 10.8. The topological polar surface area (TPSA) is 88.2 Å². The summed E-state index contributed by atoms with van der Waals surface area (Å²) in [5, 5.41) is 3.28. The van der Waals surface area contributed by atoms with Crippen molar-refractivity contribution in [1.82, 2.24) is 15.1 Å². The van der Waals surface area contributed by atoms with Crippen LogP contribution in [0.5, 0.6) is 0 Å². The number of carbonyl (C=O) groups excluding carboxylic acids is 3. The summed E-state index contributed by atoms with van der Waals surface area (Å²) in [4.78, 5) is 42.8. The van der Waals surface area contributed by atoms with Crippen LogP contribution in [0.15, 0.2) is 54.6 Å². The molecule has 0 saturated carbocycles. The maximum atomic E-state index is 13.2. The van der Waals surface area contributed by atoms with Gasteiger partial charge in [-0.25, -0.2) is 4.79 Å². The Bertz CT molecular complexity index is 1170. The molecule has 3 fully saturated rings. The van der Waals surface area contributed by atoms with Gasteiger partial charge < -0.3 is 24.6 Å². The van der Waals surface area contributed by atoms with Gasteiger partial charge in [0.15, 0.2) is 0 Å². The van der Waals surface area contributed by atoms with Crippen LogP contribution in [0.3, 0.4) is 0 Å². The van der Waals surface area contributed by atoms with Crippen molar-refractivity contribution in [3.8, 4) is 0 Å². The lowest BCUT2D eigenvalue weighted by atomic mass is 10.0. The zero-order valence-electron chi connectivity index (χ0n) is 23.8. The van der Waals surface area contributed by atoms with Crippen molar-refractivity contribution < 1.29 is 23.9 Å². The zero-order chi connectivity index (χ0) is 28.3. The molecule has 3 heterocycles. The highest BCUT2D eigenvalue weighted by Gasteiger charge is 2.41. The van der Waals surface area contributed by atoms with Gasteiger partial charge in [-0.05, 0) is 75.3 Å². The molecular weight excluding hydrogens is 506 g/mol. The monoisotopic (exact) mass is 547 g/mol. The predicted octanol–water partition coefficient (Wildman–Crippen LogP) is 3.93. The third-order valence-electron chi connectivity index (χ3n) is 8.17. The molecule has 40 heavy (non-hydrogen) atoms. The molecular formula is C32H41N3O5. The number of hydrogen-bond acceptors (Lipinski definition) is 6. The number of likely N-dealkylation sites (tertiary alicyclic amines) is 2. The fourth-order valence-corrected chi connectivity index (χ4v) is 6.06. The van der Waals surface area contributed by atoms with Crippen LogP contribution in [-0.2, 0) is 14.3 Å². The van der Waals surface area contributed by atoms with E-state index in [9.17, 15) is 14.4 Å². The molecule has 2 aromatic rings. The van der Waals surface area contributed by atoms with Gasteiger partial charge in [-0.1, -0.05) is 30.3 Å². The van der Waals surface area contributed by atoms with Gasteiger partial charge in [0.1, 0.15) is 5.60 Å². The van der Waals surface area contributed by atoms with Crippen molar-refractivity contribution in [2.24, 2.45) is 17.8 Å². The number of esters is 1. The van der Waals surface area contributed by atoms with Crippen LogP contribution in [-0.4, -0.2) is 79.1 Å². The standard InChI is InChI=1S/C32H41N3O5/c1-32(2,3)40-31(38)24-11-9-23(10-12-24)30(37)35-19-26-17-34(18-27(26)20-35)15-13-28(22-7-5-4-6-8-22)33-29(36)25-14-16-39-21-25/h4-12,25-28H,13-21H2,1-3H3,(H,33,36). The lowest BCUT2D eigenvalue weighted by Gasteiger charge is -2.25. The first kappa shape index (κ1) is 28.3. The molecule has 0 spiro atoms. The fraction of sp³-hybridized carbons (Fsp3) is 0.531. The van der Waals surface area contributed by atoms with E-state index in [-0.39, 0.29) is 29.7 Å². The predicted molar refractivity (Wildman–Crippen MR) is 152 cm³/mol. The average molecular weight is 548 g/mol. The van der Waals surface area contributed by atoms with Crippen LogP contribution in [0, 0.1) is 17.8 Å². The molecule has 3 saturated heterocycles. The molecule has 0 aliphatic carbocycles. The summed E-state index contributed by atoms with van der Waals surface area (Å²) in [6.07, 6.45) is 1.63. The van der Waals surface area contributed by atoms with Crippen molar-refractivity contribution >= 4 is 17.8 Å². The minimum absolute atomic E-state index is 0.0134.